The van der Waals surface area contributed by atoms with Crippen molar-refractivity contribution in [3.05, 3.63) is 40.5 Å². The second kappa shape index (κ2) is 3.30. The first-order chi connectivity index (χ1) is 7.41. The van der Waals surface area contributed by atoms with Crippen molar-refractivity contribution >= 4 is 11.0 Å². The Kier molecular flexibility index (Phi) is 2.18. The molecule has 0 spiro atoms. The van der Waals surface area contributed by atoms with Gasteiger partial charge in [0, 0.05) is 6.07 Å². The van der Waals surface area contributed by atoms with E-state index in [-0.39, 0.29) is 11.3 Å². The van der Waals surface area contributed by atoms with Gasteiger partial charge >= 0.3 is 11.3 Å². The standard InChI is InChI=1S/C11H13N3O2/c1-11(2,3)10-12-14(16)9-7-5-4-6-8(9)13(10)15/h4-7H,1-3H3. The molecule has 0 saturated carbocycles. The van der Waals surface area contributed by atoms with Crippen LogP contribution in [0.1, 0.15) is 26.6 Å². The SMILES string of the molecule is CC(C)(C)c1n[n+]([O-])c2ccccc2[n+]1[O-]. The Morgan fingerprint density at radius 1 is 1.06 bits per heavy atom. The van der Waals surface area contributed by atoms with Crippen molar-refractivity contribution in [2.45, 2.75) is 26.2 Å². The molecule has 0 amide bonds. The molecular weight excluding hydrogens is 206 g/mol. The number of aromatic nitrogens is 3. The van der Waals surface area contributed by atoms with Crippen LogP contribution in [0.4, 0.5) is 0 Å². The van der Waals surface area contributed by atoms with Crippen LogP contribution in [0.5, 0.6) is 0 Å². The van der Waals surface area contributed by atoms with E-state index < -0.39 is 5.41 Å². The maximum atomic E-state index is 12.0. The highest BCUT2D eigenvalue weighted by atomic mass is 16.5. The Labute approximate surface area is 93.1 Å². The minimum Gasteiger partial charge on any atom is -0.710 e. The molecule has 84 valence electrons. The zero-order chi connectivity index (χ0) is 11.9. The van der Waals surface area contributed by atoms with Crippen LogP contribution in [0.25, 0.3) is 11.0 Å². The lowest BCUT2D eigenvalue weighted by molar-refractivity contribution is -0.687. The maximum absolute atomic E-state index is 12.0. The average molecular weight is 219 g/mol. The van der Waals surface area contributed by atoms with E-state index in [9.17, 15) is 10.4 Å². The van der Waals surface area contributed by atoms with Crippen LogP contribution in [-0.4, -0.2) is 5.10 Å². The lowest BCUT2D eigenvalue weighted by Crippen LogP contribution is -2.49. The third-order valence-electron chi connectivity index (χ3n) is 2.36. The molecule has 16 heavy (non-hydrogen) atoms. The molecule has 2 rings (SSSR count). The zero-order valence-electron chi connectivity index (χ0n) is 9.47. The summed E-state index contributed by atoms with van der Waals surface area (Å²) in [5.41, 5.74) is 0.167. The van der Waals surface area contributed by atoms with Gasteiger partial charge in [0.15, 0.2) is 0 Å². The predicted octanol–water partition coefficient (Wildman–Crippen LogP) is 0.799. The van der Waals surface area contributed by atoms with Crippen molar-refractivity contribution in [1.29, 1.82) is 0 Å². The summed E-state index contributed by atoms with van der Waals surface area (Å²) in [4.78, 5) is 0.504. The number of para-hydroxylation sites is 2. The van der Waals surface area contributed by atoms with Gasteiger partial charge in [-0.15, -0.1) is 0 Å². The van der Waals surface area contributed by atoms with Gasteiger partial charge in [-0.2, -0.15) is 0 Å². The van der Waals surface area contributed by atoms with Crippen LogP contribution in [0.15, 0.2) is 24.3 Å². The lowest BCUT2D eigenvalue weighted by atomic mass is 9.96. The summed E-state index contributed by atoms with van der Waals surface area (Å²) < 4.78 is 0.726. The minimum absolute atomic E-state index is 0.223. The van der Waals surface area contributed by atoms with Gasteiger partial charge in [0.1, 0.15) is 0 Å². The highest BCUT2D eigenvalue weighted by Crippen LogP contribution is 2.16. The summed E-state index contributed by atoms with van der Waals surface area (Å²) in [6, 6.07) is 6.63. The van der Waals surface area contributed by atoms with Gasteiger partial charge in [0.05, 0.1) is 10.3 Å². The fourth-order valence-electron chi connectivity index (χ4n) is 1.55. The Morgan fingerprint density at radius 2 is 1.62 bits per heavy atom. The summed E-state index contributed by atoms with van der Waals surface area (Å²) in [6.45, 7) is 5.54. The van der Waals surface area contributed by atoms with Crippen molar-refractivity contribution in [2.75, 3.05) is 0 Å². The molecule has 0 fully saturated rings. The smallest absolute Gasteiger partial charge is 0.382 e. The molecule has 2 aromatic rings. The second-order valence-electron chi connectivity index (χ2n) is 4.73. The largest absolute Gasteiger partial charge is 0.710 e. The number of hydrogen-bond acceptors (Lipinski definition) is 3. The topological polar surface area (TPSA) is 66.8 Å². The van der Waals surface area contributed by atoms with Crippen LogP contribution < -0.4 is 9.58 Å². The fourth-order valence-corrected chi connectivity index (χ4v) is 1.55. The molecule has 1 aromatic carbocycles. The quantitative estimate of drug-likeness (QED) is 0.486. The van der Waals surface area contributed by atoms with E-state index in [0.717, 1.165) is 4.73 Å². The summed E-state index contributed by atoms with van der Waals surface area (Å²) in [6.07, 6.45) is 0. The van der Waals surface area contributed by atoms with Crippen LogP contribution in [0.2, 0.25) is 0 Å². The highest BCUT2D eigenvalue weighted by molar-refractivity contribution is 5.66. The highest BCUT2D eigenvalue weighted by Gasteiger charge is 2.32. The molecule has 0 saturated heterocycles. The number of benzene rings is 1. The van der Waals surface area contributed by atoms with Crippen molar-refractivity contribution < 1.29 is 9.58 Å². The molecule has 0 radical (unpaired) electrons. The van der Waals surface area contributed by atoms with Crippen molar-refractivity contribution in [3.63, 3.8) is 0 Å². The van der Waals surface area contributed by atoms with E-state index in [2.05, 4.69) is 5.10 Å². The molecule has 0 N–H and O–H groups in total. The first kappa shape index (κ1) is 10.6. The first-order valence-corrected chi connectivity index (χ1v) is 5.04. The van der Waals surface area contributed by atoms with Gasteiger partial charge in [-0.3, -0.25) is 0 Å². The second-order valence-corrected chi connectivity index (χ2v) is 4.73. The number of rotatable bonds is 0. The molecule has 0 aliphatic carbocycles. The molecule has 1 aromatic heterocycles. The summed E-state index contributed by atoms with van der Waals surface area (Å²) in [5.74, 6) is 0.223. The van der Waals surface area contributed by atoms with Crippen molar-refractivity contribution in [1.82, 2.24) is 5.10 Å². The molecule has 0 aliphatic rings. The van der Waals surface area contributed by atoms with E-state index >= 15 is 0 Å². The van der Waals surface area contributed by atoms with Gasteiger partial charge < -0.3 is 10.4 Å². The van der Waals surface area contributed by atoms with Crippen LogP contribution in [0.3, 0.4) is 0 Å². The number of hydrogen-bond donors (Lipinski definition) is 0. The van der Waals surface area contributed by atoms with Crippen LogP contribution in [-0.2, 0) is 5.41 Å². The molecule has 0 unspecified atom stereocenters. The molecule has 5 heteroatoms. The molecule has 0 atom stereocenters. The molecule has 1 heterocycles. The monoisotopic (exact) mass is 219 g/mol. The van der Waals surface area contributed by atoms with Gasteiger partial charge in [-0.25, -0.2) is 4.73 Å². The minimum atomic E-state index is -0.460. The molecule has 0 bridgehead atoms. The van der Waals surface area contributed by atoms with Crippen LogP contribution in [0, 0.1) is 10.4 Å². The predicted molar refractivity (Wildman–Crippen MR) is 58.4 cm³/mol. The molecule has 5 nitrogen and oxygen atoms in total. The third kappa shape index (κ3) is 1.54. The Morgan fingerprint density at radius 3 is 2.19 bits per heavy atom. The van der Waals surface area contributed by atoms with E-state index in [1.807, 2.05) is 20.8 Å². The van der Waals surface area contributed by atoms with Crippen LogP contribution >= 0.6 is 0 Å². The summed E-state index contributed by atoms with van der Waals surface area (Å²) in [5, 5.41) is 27.5. The number of nitrogens with zero attached hydrogens (tertiary/aromatic N) is 3. The summed E-state index contributed by atoms with van der Waals surface area (Å²) >= 11 is 0. The average Bonchev–Trinajstić information content (AvgIpc) is 2.22. The Balaban J connectivity index is 2.86. The van der Waals surface area contributed by atoms with E-state index in [4.69, 9.17) is 0 Å². The first-order valence-electron chi connectivity index (χ1n) is 5.04. The third-order valence-corrected chi connectivity index (χ3v) is 2.36. The lowest BCUT2D eigenvalue weighted by Gasteiger charge is -2.15. The van der Waals surface area contributed by atoms with Gasteiger partial charge in [-0.05, 0) is 26.8 Å². The number of fused-ring (bicyclic) bond motifs is 1. The zero-order valence-corrected chi connectivity index (χ0v) is 9.47. The Bertz CT molecular complexity index is 547. The molecule has 0 aliphatic heterocycles. The van der Waals surface area contributed by atoms with E-state index in [1.165, 1.54) is 0 Å². The van der Waals surface area contributed by atoms with Gasteiger partial charge in [0.2, 0.25) is 10.6 Å². The van der Waals surface area contributed by atoms with Crippen molar-refractivity contribution in [3.8, 4) is 0 Å². The van der Waals surface area contributed by atoms with Gasteiger partial charge in [0.25, 0.3) is 0 Å². The van der Waals surface area contributed by atoms with Gasteiger partial charge in [-0.1, -0.05) is 12.1 Å². The van der Waals surface area contributed by atoms with Crippen molar-refractivity contribution in [2.24, 2.45) is 0 Å². The summed E-state index contributed by atoms with van der Waals surface area (Å²) in [7, 11) is 0. The maximum Gasteiger partial charge on any atom is 0.382 e. The fraction of sp³-hybridized carbons (Fsp3) is 0.364. The van der Waals surface area contributed by atoms with E-state index in [1.54, 1.807) is 24.3 Å². The Hall–Kier alpha value is -1.91. The van der Waals surface area contributed by atoms with E-state index in [0.29, 0.717) is 10.4 Å². The molecular formula is C11H13N3O2. The normalized spacial score (nSPS) is 11.9.